The Kier molecular flexibility index (Phi) is 6.95. The first-order valence-electron chi connectivity index (χ1n) is 8.96. The fraction of sp³-hybridized carbons (Fsp3) is 0.250. The van der Waals surface area contributed by atoms with Crippen molar-refractivity contribution in [2.45, 2.75) is 12.8 Å². The summed E-state index contributed by atoms with van der Waals surface area (Å²) in [6.07, 6.45) is 3.77. The third kappa shape index (κ3) is 5.62. The number of carbonyl (C=O) groups excluding carboxylic acids is 1. The molecule has 0 atom stereocenters. The van der Waals surface area contributed by atoms with E-state index in [9.17, 15) is 9.59 Å². The maximum Gasteiger partial charge on any atom is 0.341 e. The van der Waals surface area contributed by atoms with Crippen LogP contribution in [0.2, 0.25) is 10.0 Å². The molecule has 2 aromatic rings. The number of nitrogens with zero attached hydrogens (tertiary/aromatic N) is 2. The van der Waals surface area contributed by atoms with E-state index in [1.165, 1.54) is 31.2 Å². The molecular weight excluding hydrogens is 417 g/mol. The molecule has 9 heteroatoms. The van der Waals surface area contributed by atoms with Crippen LogP contribution in [0.1, 0.15) is 28.8 Å². The molecule has 7 nitrogen and oxygen atoms in total. The molecule has 1 saturated heterocycles. The Morgan fingerprint density at radius 2 is 1.76 bits per heavy atom. The molecule has 1 aliphatic heterocycles. The number of aliphatic carboxylic acids is 1. The van der Waals surface area contributed by atoms with E-state index < -0.39 is 12.6 Å². The van der Waals surface area contributed by atoms with Gasteiger partial charge in [0.1, 0.15) is 0 Å². The monoisotopic (exact) mass is 435 g/mol. The van der Waals surface area contributed by atoms with Crippen molar-refractivity contribution in [2.75, 3.05) is 24.6 Å². The minimum atomic E-state index is -1.14. The third-order valence-corrected chi connectivity index (χ3v) is 4.90. The Labute approximate surface area is 177 Å². The molecule has 152 valence electrons. The van der Waals surface area contributed by atoms with Gasteiger partial charge in [0.25, 0.3) is 5.91 Å². The number of hydrazone groups is 1. The number of carbonyl (C=O) groups is 2. The molecular formula is C20H19Cl2N3O4. The molecule has 1 heterocycles. The van der Waals surface area contributed by atoms with Gasteiger partial charge in [0.2, 0.25) is 0 Å². The lowest BCUT2D eigenvalue weighted by Crippen LogP contribution is -2.19. The number of carboxylic acid groups (broad SMARTS) is 1. The molecule has 0 spiro atoms. The van der Waals surface area contributed by atoms with E-state index in [0.717, 1.165) is 18.8 Å². The van der Waals surface area contributed by atoms with Crippen molar-refractivity contribution in [1.82, 2.24) is 5.43 Å². The molecule has 0 aromatic heterocycles. The Morgan fingerprint density at radius 1 is 1.14 bits per heavy atom. The molecule has 29 heavy (non-hydrogen) atoms. The van der Waals surface area contributed by atoms with E-state index in [-0.39, 0.29) is 21.7 Å². The number of halogens is 2. The van der Waals surface area contributed by atoms with E-state index in [1.54, 1.807) is 12.1 Å². The van der Waals surface area contributed by atoms with Gasteiger partial charge in [-0.1, -0.05) is 23.2 Å². The number of amides is 1. The standard InChI is InChI=1S/C20H19Cl2N3O4/c21-16-9-13(10-17(22)19(16)29-12-18(26)27)11-23-24-20(28)14-3-5-15(6-4-14)25-7-1-2-8-25/h3-6,9-11H,1-2,7-8,12H2,(H,24,28)(H,26,27)/b23-11-. The van der Waals surface area contributed by atoms with Crippen LogP contribution in [0.5, 0.6) is 5.75 Å². The van der Waals surface area contributed by atoms with Crippen LogP contribution in [0.4, 0.5) is 5.69 Å². The Balaban J connectivity index is 1.60. The summed E-state index contributed by atoms with van der Waals surface area (Å²) in [4.78, 5) is 25.1. The fourth-order valence-corrected chi connectivity index (χ4v) is 3.57. The maximum atomic E-state index is 12.2. The van der Waals surface area contributed by atoms with Crippen LogP contribution in [0.3, 0.4) is 0 Å². The lowest BCUT2D eigenvalue weighted by atomic mass is 10.2. The molecule has 0 aliphatic carbocycles. The number of hydrogen-bond donors (Lipinski definition) is 2. The maximum absolute atomic E-state index is 12.2. The van der Waals surface area contributed by atoms with Gasteiger partial charge in [-0.3, -0.25) is 4.79 Å². The molecule has 2 aromatic carbocycles. The first-order chi connectivity index (χ1) is 13.9. The predicted octanol–water partition coefficient (Wildman–Crippen LogP) is 3.82. The minimum absolute atomic E-state index is 0.0787. The van der Waals surface area contributed by atoms with Crippen LogP contribution >= 0.6 is 23.2 Å². The summed E-state index contributed by atoms with van der Waals surface area (Å²) in [5.41, 5.74) is 4.58. The quantitative estimate of drug-likeness (QED) is 0.509. The largest absolute Gasteiger partial charge is 0.479 e. The molecule has 3 rings (SSSR count). The van der Waals surface area contributed by atoms with Gasteiger partial charge in [0.15, 0.2) is 12.4 Å². The van der Waals surface area contributed by atoms with Crippen molar-refractivity contribution < 1.29 is 19.4 Å². The lowest BCUT2D eigenvalue weighted by Gasteiger charge is -2.17. The van der Waals surface area contributed by atoms with Gasteiger partial charge in [-0.2, -0.15) is 5.10 Å². The van der Waals surface area contributed by atoms with Crippen LogP contribution in [0, 0.1) is 0 Å². The van der Waals surface area contributed by atoms with Gasteiger partial charge in [-0.15, -0.1) is 0 Å². The van der Waals surface area contributed by atoms with Crippen molar-refractivity contribution in [3.63, 3.8) is 0 Å². The first kappa shape index (κ1) is 21.0. The van der Waals surface area contributed by atoms with Crippen molar-refractivity contribution in [3.05, 3.63) is 57.6 Å². The van der Waals surface area contributed by atoms with Gasteiger partial charge in [-0.25, -0.2) is 10.2 Å². The second-order valence-electron chi connectivity index (χ2n) is 6.44. The summed E-state index contributed by atoms with van der Waals surface area (Å²) in [6, 6.07) is 10.4. The zero-order chi connectivity index (χ0) is 20.8. The summed E-state index contributed by atoms with van der Waals surface area (Å²) in [6.45, 7) is 1.53. The second-order valence-corrected chi connectivity index (χ2v) is 7.25. The average Bonchev–Trinajstić information content (AvgIpc) is 3.22. The Hall–Kier alpha value is -2.77. The van der Waals surface area contributed by atoms with E-state index in [2.05, 4.69) is 15.4 Å². The van der Waals surface area contributed by atoms with E-state index in [0.29, 0.717) is 11.1 Å². The van der Waals surface area contributed by atoms with Crippen LogP contribution in [0.25, 0.3) is 0 Å². The highest BCUT2D eigenvalue weighted by molar-refractivity contribution is 6.37. The molecule has 0 unspecified atom stereocenters. The van der Waals surface area contributed by atoms with Gasteiger partial charge in [-0.05, 0) is 54.8 Å². The molecule has 0 radical (unpaired) electrons. The molecule has 1 amide bonds. The fourth-order valence-electron chi connectivity index (χ4n) is 2.95. The SMILES string of the molecule is O=C(O)COc1c(Cl)cc(/C=N\NC(=O)c2ccc(N3CCCC3)cc2)cc1Cl. The Bertz CT molecular complexity index is 903. The van der Waals surface area contributed by atoms with E-state index in [4.69, 9.17) is 33.0 Å². The third-order valence-electron chi connectivity index (χ3n) is 4.34. The predicted molar refractivity (Wildman–Crippen MR) is 113 cm³/mol. The van der Waals surface area contributed by atoms with Gasteiger partial charge in [0.05, 0.1) is 16.3 Å². The summed E-state index contributed by atoms with van der Waals surface area (Å²) >= 11 is 12.1. The topological polar surface area (TPSA) is 91.2 Å². The highest BCUT2D eigenvalue weighted by Gasteiger charge is 2.13. The van der Waals surface area contributed by atoms with Crippen LogP contribution in [-0.2, 0) is 4.79 Å². The first-order valence-corrected chi connectivity index (χ1v) is 9.71. The number of ether oxygens (including phenoxy) is 1. The molecule has 1 aliphatic rings. The number of nitrogens with one attached hydrogen (secondary N) is 1. The minimum Gasteiger partial charge on any atom is -0.479 e. The van der Waals surface area contributed by atoms with Gasteiger partial charge in [0, 0.05) is 24.3 Å². The highest BCUT2D eigenvalue weighted by Crippen LogP contribution is 2.33. The van der Waals surface area contributed by atoms with E-state index >= 15 is 0 Å². The van der Waals surface area contributed by atoms with E-state index in [1.807, 2.05) is 12.1 Å². The van der Waals surface area contributed by atoms with Crippen molar-refractivity contribution >= 4 is 47.0 Å². The normalized spacial score (nSPS) is 13.7. The zero-order valence-electron chi connectivity index (χ0n) is 15.4. The zero-order valence-corrected chi connectivity index (χ0v) is 16.9. The van der Waals surface area contributed by atoms with Crippen LogP contribution in [-0.4, -0.2) is 42.9 Å². The summed E-state index contributed by atoms with van der Waals surface area (Å²) in [7, 11) is 0. The number of rotatable bonds is 7. The summed E-state index contributed by atoms with van der Waals surface area (Å²) < 4.78 is 5.05. The molecule has 0 bridgehead atoms. The smallest absolute Gasteiger partial charge is 0.341 e. The average molecular weight is 436 g/mol. The number of hydrogen-bond acceptors (Lipinski definition) is 5. The number of benzene rings is 2. The second kappa shape index (κ2) is 9.62. The molecule has 2 N–H and O–H groups in total. The molecule has 1 fully saturated rings. The van der Waals surface area contributed by atoms with Crippen molar-refractivity contribution in [3.8, 4) is 5.75 Å². The number of carboxylic acids is 1. The number of anilines is 1. The van der Waals surface area contributed by atoms with Gasteiger partial charge >= 0.3 is 5.97 Å². The summed E-state index contributed by atoms with van der Waals surface area (Å²) in [5.74, 6) is -1.40. The van der Waals surface area contributed by atoms with Crippen LogP contribution in [0.15, 0.2) is 41.5 Å². The summed E-state index contributed by atoms with van der Waals surface area (Å²) in [5, 5.41) is 12.9. The van der Waals surface area contributed by atoms with Crippen LogP contribution < -0.4 is 15.1 Å². The van der Waals surface area contributed by atoms with Gasteiger partial charge < -0.3 is 14.7 Å². The molecule has 0 saturated carbocycles. The van der Waals surface area contributed by atoms with Crippen molar-refractivity contribution in [1.29, 1.82) is 0 Å². The lowest BCUT2D eigenvalue weighted by molar-refractivity contribution is -0.139. The van der Waals surface area contributed by atoms with Crippen molar-refractivity contribution in [2.24, 2.45) is 5.10 Å². The highest BCUT2D eigenvalue weighted by atomic mass is 35.5. The Morgan fingerprint density at radius 3 is 2.34 bits per heavy atom.